The van der Waals surface area contributed by atoms with E-state index >= 15 is 0 Å². The highest BCUT2D eigenvalue weighted by atomic mass is 32.2. The second-order valence-corrected chi connectivity index (χ2v) is 10.0. The maximum absolute atomic E-state index is 13.0. The monoisotopic (exact) mass is 482 g/mol. The Balaban J connectivity index is 1.79. The van der Waals surface area contributed by atoms with Crippen LogP contribution in [0.25, 0.3) is 5.69 Å². The van der Waals surface area contributed by atoms with Crippen molar-refractivity contribution in [1.82, 2.24) is 4.57 Å². The number of hydrogen-bond acceptors (Lipinski definition) is 5. The van der Waals surface area contributed by atoms with Gasteiger partial charge in [0.1, 0.15) is 0 Å². The number of benzene rings is 2. The number of rotatable bonds is 9. The van der Waals surface area contributed by atoms with Gasteiger partial charge in [-0.15, -0.1) is 0 Å². The lowest BCUT2D eigenvalue weighted by Gasteiger charge is -2.21. The lowest BCUT2D eigenvalue weighted by Crippen LogP contribution is -2.24. The van der Waals surface area contributed by atoms with E-state index < -0.39 is 21.9 Å². The summed E-state index contributed by atoms with van der Waals surface area (Å²) >= 11 is 0. The van der Waals surface area contributed by atoms with E-state index in [0.717, 1.165) is 17.7 Å². The normalized spacial score (nSPS) is 13.3. The third-order valence-electron chi connectivity index (χ3n) is 6.13. The van der Waals surface area contributed by atoms with E-state index in [9.17, 15) is 18.0 Å². The van der Waals surface area contributed by atoms with E-state index in [4.69, 9.17) is 9.88 Å². The number of carbonyl (C=O) groups is 2. The second kappa shape index (κ2) is 10.4. The van der Waals surface area contributed by atoms with E-state index in [1.165, 1.54) is 12.1 Å². The molecule has 0 bridgehead atoms. The fraction of sp³-hybridized carbons (Fsp3) is 0.308. The van der Waals surface area contributed by atoms with Gasteiger partial charge in [-0.1, -0.05) is 50.6 Å². The van der Waals surface area contributed by atoms with E-state index in [1.54, 1.807) is 25.1 Å². The van der Waals surface area contributed by atoms with Crippen molar-refractivity contribution in [3.63, 3.8) is 0 Å². The molecule has 0 saturated carbocycles. The second-order valence-electron chi connectivity index (χ2n) is 8.46. The smallest absolute Gasteiger partial charge is 0.314 e. The van der Waals surface area contributed by atoms with Crippen LogP contribution in [0.5, 0.6) is 0 Å². The number of primary sulfonamides is 1. The van der Waals surface area contributed by atoms with Crippen molar-refractivity contribution >= 4 is 21.8 Å². The minimum Gasteiger partial charge on any atom is -0.457 e. The standard InChI is InChI=1S/C26H30N2O5S/c1-5-17(2)25(20-9-7-6-8-10-20)26(30)33-16-24(29)23-15-18(3)28(19(23)4)21-11-13-22(14-12-21)34(27,31)32/h6-15,17,25H,5,16H2,1-4H3,(H2,27,31,32)/t17-,25-/m1/s1. The number of carbonyl (C=O) groups excluding carboxylic acids is 2. The predicted molar refractivity (Wildman–Crippen MR) is 131 cm³/mol. The molecule has 3 aromatic rings. The molecule has 2 aromatic carbocycles. The van der Waals surface area contributed by atoms with Gasteiger partial charge in [-0.3, -0.25) is 9.59 Å². The van der Waals surface area contributed by atoms with Gasteiger partial charge in [0.25, 0.3) is 0 Å². The average molecular weight is 483 g/mol. The third kappa shape index (κ3) is 5.46. The summed E-state index contributed by atoms with van der Waals surface area (Å²) in [6.07, 6.45) is 0.800. The molecule has 1 heterocycles. The Morgan fingerprint density at radius 2 is 1.65 bits per heavy atom. The number of nitrogens with two attached hydrogens (primary N) is 1. The van der Waals surface area contributed by atoms with Gasteiger partial charge in [-0.2, -0.15) is 0 Å². The number of Topliss-reactive ketones (excluding diaryl/α,β-unsaturated/α-hetero) is 1. The van der Waals surface area contributed by atoms with Crippen LogP contribution in [0, 0.1) is 19.8 Å². The van der Waals surface area contributed by atoms with Gasteiger partial charge in [0, 0.05) is 22.6 Å². The van der Waals surface area contributed by atoms with Crippen LogP contribution in [0.2, 0.25) is 0 Å². The first-order valence-corrected chi connectivity index (χ1v) is 12.7. The molecule has 0 unspecified atom stereocenters. The molecule has 8 heteroatoms. The molecule has 2 N–H and O–H groups in total. The Morgan fingerprint density at radius 3 is 2.21 bits per heavy atom. The van der Waals surface area contributed by atoms with Crippen molar-refractivity contribution in [2.45, 2.75) is 44.9 Å². The first kappa shape index (κ1) is 25.4. The molecule has 0 aliphatic rings. The molecule has 0 aliphatic carbocycles. The van der Waals surface area contributed by atoms with Gasteiger partial charge >= 0.3 is 5.97 Å². The molecular formula is C26H30N2O5S. The minimum atomic E-state index is -3.79. The van der Waals surface area contributed by atoms with Crippen LogP contribution >= 0.6 is 0 Å². The first-order valence-electron chi connectivity index (χ1n) is 11.1. The number of nitrogens with zero attached hydrogens (tertiary/aromatic N) is 1. The molecule has 180 valence electrons. The Bertz CT molecular complexity index is 1280. The van der Waals surface area contributed by atoms with Crippen LogP contribution in [0.1, 0.15) is 53.5 Å². The molecule has 0 spiro atoms. The molecule has 0 aliphatic heterocycles. The van der Waals surface area contributed by atoms with Crippen molar-refractivity contribution in [3.8, 4) is 5.69 Å². The van der Waals surface area contributed by atoms with Crippen molar-refractivity contribution in [1.29, 1.82) is 0 Å². The topological polar surface area (TPSA) is 108 Å². The molecule has 2 atom stereocenters. The molecule has 7 nitrogen and oxygen atoms in total. The van der Waals surface area contributed by atoms with Crippen LogP contribution in [0.4, 0.5) is 0 Å². The fourth-order valence-electron chi connectivity index (χ4n) is 4.12. The lowest BCUT2D eigenvalue weighted by atomic mass is 9.85. The van der Waals surface area contributed by atoms with Crippen LogP contribution in [0.3, 0.4) is 0 Å². The van der Waals surface area contributed by atoms with Crippen molar-refractivity contribution in [3.05, 3.63) is 83.2 Å². The van der Waals surface area contributed by atoms with Gasteiger partial charge in [-0.25, -0.2) is 13.6 Å². The minimum absolute atomic E-state index is 0.0104. The summed E-state index contributed by atoms with van der Waals surface area (Å²) in [7, 11) is -3.79. The summed E-state index contributed by atoms with van der Waals surface area (Å²) in [6, 6.07) is 17.3. The van der Waals surface area contributed by atoms with Crippen molar-refractivity contribution in [2.24, 2.45) is 11.1 Å². The van der Waals surface area contributed by atoms with Crippen LogP contribution in [-0.4, -0.2) is 31.3 Å². The van der Waals surface area contributed by atoms with Crippen molar-refractivity contribution < 1.29 is 22.7 Å². The van der Waals surface area contributed by atoms with E-state index in [2.05, 4.69) is 0 Å². The van der Waals surface area contributed by atoms with E-state index in [0.29, 0.717) is 16.9 Å². The zero-order chi connectivity index (χ0) is 25.0. The van der Waals surface area contributed by atoms with Gasteiger partial charge in [-0.05, 0) is 55.7 Å². The zero-order valence-electron chi connectivity index (χ0n) is 19.8. The molecule has 0 amide bonds. The number of ether oxygens (including phenoxy) is 1. The summed E-state index contributed by atoms with van der Waals surface area (Å²) in [5.41, 5.74) is 3.47. The summed E-state index contributed by atoms with van der Waals surface area (Å²) in [4.78, 5) is 25.9. The quantitative estimate of drug-likeness (QED) is 0.361. The van der Waals surface area contributed by atoms with Gasteiger partial charge in [0.2, 0.25) is 15.8 Å². The Kier molecular flexibility index (Phi) is 7.74. The maximum Gasteiger partial charge on any atom is 0.314 e. The average Bonchev–Trinajstić information content (AvgIpc) is 3.11. The number of aromatic nitrogens is 1. The Morgan fingerprint density at radius 1 is 1.03 bits per heavy atom. The number of aryl methyl sites for hydroxylation is 1. The predicted octanol–water partition coefficient (Wildman–Crippen LogP) is 4.30. The number of ketones is 1. The number of esters is 1. The third-order valence-corrected chi connectivity index (χ3v) is 7.06. The molecule has 34 heavy (non-hydrogen) atoms. The number of sulfonamides is 1. The molecular weight excluding hydrogens is 452 g/mol. The van der Waals surface area contributed by atoms with Crippen molar-refractivity contribution in [2.75, 3.05) is 6.61 Å². The fourth-order valence-corrected chi connectivity index (χ4v) is 4.64. The van der Waals surface area contributed by atoms with Crippen LogP contribution in [-0.2, 0) is 19.6 Å². The highest BCUT2D eigenvalue weighted by molar-refractivity contribution is 7.89. The zero-order valence-corrected chi connectivity index (χ0v) is 20.6. The first-order chi connectivity index (χ1) is 16.0. The van der Waals surface area contributed by atoms with E-state index in [-0.39, 0.29) is 23.2 Å². The van der Waals surface area contributed by atoms with Crippen LogP contribution < -0.4 is 5.14 Å². The summed E-state index contributed by atoms with van der Waals surface area (Å²) in [5, 5.41) is 5.17. The summed E-state index contributed by atoms with van der Waals surface area (Å²) in [6.45, 7) is 7.30. The Labute approximate surface area is 200 Å². The Hall–Kier alpha value is -3.23. The van der Waals surface area contributed by atoms with Crippen LogP contribution in [0.15, 0.2) is 65.6 Å². The summed E-state index contributed by atoms with van der Waals surface area (Å²) < 4.78 is 30.4. The van der Waals surface area contributed by atoms with Gasteiger partial charge in [0.15, 0.2) is 6.61 Å². The summed E-state index contributed by atoms with van der Waals surface area (Å²) in [5.74, 6) is -1.09. The molecule has 0 fully saturated rings. The van der Waals surface area contributed by atoms with Gasteiger partial charge in [0.05, 0.1) is 10.8 Å². The SMILES string of the molecule is CC[C@@H](C)[C@@H](C(=O)OCC(=O)c1cc(C)n(-c2ccc(S(N)(=O)=O)cc2)c1C)c1ccccc1. The molecule has 0 saturated heterocycles. The highest BCUT2D eigenvalue weighted by Gasteiger charge is 2.28. The molecule has 0 radical (unpaired) electrons. The number of hydrogen-bond donors (Lipinski definition) is 1. The van der Waals surface area contributed by atoms with Gasteiger partial charge < -0.3 is 9.30 Å². The molecule has 1 aromatic heterocycles. The van der Waals surface area contributed by atoms with E-state index in [1.807, 2.05) is 55.7 Å². The maximum atomic E-state index is 13.0. The highest BCUT2D eigenvalue weighted by Crippen LogP contribution is 2.29. The molecule has 3 rings (SSSR count). The largest absolute Gasteiger partial charge is 0.457 e. The lowest BCUT2D eigenvalue weighted by molar-refractivity contribution is -0.145.